The normalized spacial score (nSPS) is 12.7. The minimum absolute atomic E-state index is 0.0517. The SMILES string of the molecule is CC[C@H](C)NC(=O)[C@@H](C)N(Cc1cccc(C)c1)C(=O)COc1cc(C)c(Br)c(C)c1. The number of aryl methyl sites for hydroxylation is 3. The van der Waals surface area contributed by atoms with Crippen LogP contribution in [0.5, 0.6) is 5.75 Å². The highest BCUT2D eigenvalue weighted by Gasteiger charge is 2.27. The van der Waals surface area contributed by atoms with Gasteiger partial charge in [-0.25, -0.2) is 0 Å². The van der Waals surface area contributed by atoms with Crippen LogP contribution in [0, 0.1) is 20.8 Å². The zero-order valence-electron chi connectivity index (χ0n) is 19.3. The van der Waals surface area contributed by atoms with Crippen molar-refractivity contribution in [1.82, 2.24) is 10.2 Å². The zero-order chi connectivity index (χ0) is 23.1. The lowest BCUT2D eigenvalue weighted by atomic mass is 10.1. The van der Waals surface area contributed by atoms with Crippen molar-refractivity contribution < 1.29 is 14.3 Å². The lowest BCUT2D eigenvalue weighted by molar-refractivity contribution is -0.142. The van der Waals surface area contributed by atoms with Gasteiger partial charge in [0.15, 0.2) is 6.61 Å². The van der Waals surface area contributed by atoms with Gasteiger partial charge in [0.2, 0.25) is 5.91 Å². The number of nitrogens with one attached hydrogen (secondary N) is 1. The van der Waals surface area contributed by atoms with Gasteiger partial charge in [-0.15, -0.1) is 0 Å². The standard InChI is InChI=1S/C25H33BrN2O3/c1-7-19(5)27-25(30)20(6)28(14-21-10-8-9-16(2)11-21)23(29)15-31-22-12-17(3)24(26)18(4)13-22/h8-13,19-20H,7,14-15H2,1-6H3,(H,27,30)/t19-,20+/m0/s1. The Kier molecular flexibility index (Phi) is 9.11. The van der Waals surface area contributed by atoms with E-state index >= 15 is 0 Å². The highest BCUT2D eigenvalue weighted by atomic mass is 79.9. The number of nitrogens with zero attached hydrogens (tertiary/aromatic N) is 1. The van der Waals surface area contributed by atoms with Crippen molar-refractivity contribution in [3.63, 3.8) is 0 Å². The molecule has 0 aliphatic carbocycles. The second-order valence-electron chi connectivity index (χ2n) is 8.16. The number of hydrogen-bond acceptors (Lipinski definition) is 3. The molecule has 168 valence electrons. The molecule has 0 heterocycles. The summed E-state index contributed by atoms with van der Waals surface area (Å²) in [4.78, 5) is 27.5. The lowest BCUT2D eigenvalue weighted by Gasteiger charge is -2.29. The first-order chi connectivity index (χ1) is 14.6. The fraction of sp³-hybridized carbons (Fsp3) is 0.440. The van der Waals surface area contributed by atoms with Crippen LogP contribution >= 0.6 is 15.9 Å². The molecular weight excluding hydrogens is 456 g/mol. The van der Waals surface area contributed by atoms with Gasteiger partial charge in [0.1, 0.15) is 11.8 Å². The van der Waals surface area contributed by atoms with Gasteiger partial charge in [-0.3, -0.25) is 9.59 Å². The molecule has 0 spiro atoms. The highest BCUT2D eigenvalue weighted by Crippen LogP contribution is 2.26. The van der Waals surface area contributed by atoms with E-state index in [1.54, 1.807) is 11.8 Å². The van der Waals surface area contributed by atoms with Gasteiger partial charge in [-0.2, -0.15) is 0 Å². The molecule has 6 heteroatoms. The predicted molar refractivity (Wildman–Crippen MR) is 128 cm³/mol. The van der Waals surface area contributed by atoms with E-state index in [4.69, 9.17) is 4.74 Å². The Morgan fingerprint density at radius 1 is 1.10 bits per heavy atom. The summed E-state index contributed by atoms with van der Waals surface area (Å²) in [6.45, 7) is 11.9. The van der Waals surface area contributed by atoms with E-state index in [1.807, 2.05) is 71.0 Å². The van der Waals surface area contributed by atoms with Gasteiger partial charge in [-0.1, -0.05) is 52.7 Å². The Hall–Kier alpha value is -2.34. The molecule has 0 saturated carbocycles. The molecule has 1 N–H and O–H groups in total. The van der Waals surface area contributed by atoms with Gasteiger partial charge in [0, 0.05) is 17.1 Å². The molecule has 0 aliphatic heterocycles. The van der Waals surface area contributed by atoms with Crippen molar-refractivity contribution in [1.29, 1.82) is 0 Å². The summed E-state index contributed by atoms with van der Waals surface area (Å²) < 4.78 is 6.85. The number of carbonyl (C=O) groups is 2. The molecule has 2 aromatic rings. The first-order valence-electron chi connectivity index (χ1n) is 10.7. The first kappa shape index (κ1) is 24.9. The molecule has 0 saturated heterocycles. The molecule has 0 bridgehead atoms. The van der Waals surface area contributed by atoms with Gasteiger partial charge in [0.05, 0.1) is 0 Å². The van der Waals surface area contributed by atoms with Crippen molar-refractivity contribution in [2.75, 3.05) is 6.61 Å². The third-order valence-electron chi connectivity index (χ3n) is 5.38. The number of halogens is 1. The third kappa shape index (κ3) is 7.10. The minimum atomic E-state index is -0.612. The topological polar surface area (TPSA) is 58.6 Å². The smallest absolute Gasteiger partial charge is 0.261 e. The molecule has 0 radical (unpaired) electrons. The summed E-state index contributed by atoms with van der Waals surface area (Å²) in [5.74, 6) is 0.246. The van der Waals surface area contributed by atoms with Crippen molar-refractivity contribution in [3.05, 3.63) is 63.1 Å². The van der Waals surface area contributed by atoms with Crippen molar-refractivity contribution in [2.45, 2.75) is 66.6 Å². The zero-order valence-corrected chi connectivity index (χ0v) is 20.9. The second-order valence-corrected chi connectivity index (χ2v) is 8.96. The summed E-state index contributed by atoms with van der Waals surface area (Å²) >= 11 is 3.54. The largest absolute Gasteiger partial charge is 0.484 e. The van der Waals surface area contributed by atoms with Crippen LogP contribution < -0.4 is 10.1 Å². The minimum Gasteiger partial charge on any atom is -0.484 e. The van der Waals surface area contributed by atoms with Gasteiger partial charge in [-0.05, 0) is 69.9 Å². The highest BCUT2D eigenvalue weighted by molar-refractivity contribution is 9.10. The fourth-order valence-electron chi connectivity index (χ4n) is 3.27. The molecule has 5 nitrogen and oxygen atoms in total. The number of benzene rings is 2. The number of amides is 2. The Morgan fingerprint density at radius 2 is 1.74 bits per heavy atom. The molecule has 2 amide bonds. The van der Waals surface area contributed by atoms with E-state index in [9.17, 15) is 9.59 Å². The number of hydrogen-bond donors (Lipinski definition) is 1. The summed E-state index contributed by atoms with van der Waals surface area (Å²) in [7, 11) is 0. The summed E-state index contributed by atoms with van der Waals surface area (Å²) in [5.41, 5.74) is 4.17. The molecule has 2 rings (SSSR count). The van der Waals surface area contributed by atoms with Crippen LogP contribution in [0.3, 0.4) is 0 Å². The van der Waals surface area contributed by atoms with E-state index in [2.05, 4.69) is 21.2 Å². The monoisotopic (exact) mass is 488 g/mol. The van der Waals surface area contributed by atoms with Crippen LogP contribution in [-0.4, -0.2) is 35.4 Å². The maximum absolute atomic E-state index is 13.2. The van der Waals surface area contributed by atoms with Gasteiger partial charge >= 0.3 is 0 Å². The molecule has 31 heavy (non-hydrogen) atoms. The Balaban J connectivity index is 2.19. The maximum Gasteiger partial charge on any atom is 0.261 e. The number of ether oxygens (including phenoxy) is 1. The van der Waals surface area contributed by atoms with E-state index in [1.165, 1.54) is 0 Å². The van der Waals surface area contributed by atoms with Crippen LogP contribution in [0.1, 0.15) is 49.4 Å². The van der Waals surface area contributed by atoms with E-state index in [-0.39, 0.29) is 24.5 Å². The van der Waals surface area contributed by atoms with Crippen molar-refractivity contribution >= 4 is 27.7 Å². The molecule has 0 aromatic heterocycles. The average molecular weight is 489 g/mol. The van der Waals surface area contributed by atoms with Crippen LogP contribution in [0.25, 0.3) is 0 Å². The molecule has 2 atom stereocenters. The number of carbonyl (C=O) groups excluding carboxylic acids is 2. The molecular formula is C25H33BrN2O3. The predicted octanol–water partition coefficient (Wildman–Crippen LogP) is 5.09. The summed E-state index contributed by atoms with van der Waals surface area (Å²) in [6, 6.07) is 11.2. The molecule has 0 fully saturated rings. The molecule has 0 aliphatic rings. The van der Waals surface area contributed by atoms with Crippen molar-refractivity contribution in [2.24, 2.45) is 0 Å². The van der Waals surface area contributed by atoms with Crippen LogP contribution in [-0.2, 0) is 16.1 Å². The van der Waals surface area contributed by atoms with Crippen LogP contribution in [0.2, 0.25) is 0 Å². The Morgan fingerprint density at radius 3 is 2.32 bits per heavy atom. The van der Waals surface area contributed by atoms with Crippen LogP contribution in [0.4, 0.5) is 0 Å². The van der Waals surface area contributed by atoms with Crippen molar-refractivity contribution in [3.8, 4) is 5.75 Å². The fourth-order valence-corrected chi connectivity index (χ4v) is 3.50. The van der Waals surface area contributed by atoms with E-state index in [0.717, 1.165) is 33.1 Å². The van der Waals surface area contributed by atoms with E-state index < -0.39 is 6.04 Å². The summed E-state index contributed by atoms with van der Waals surface area (Å²) in [6.07, 6.45) is 0.829. The second kappa shape index (κ2) is 11.3. The third-order valence-corrected chi connectivity index (χ3v) is 6.63. The average Bonchev–Trinajstić information content (AvgIpc) is 2.73. The Bertz CT molecular complexity index is 906. The Labute approximate surface area is 194 Å². The summed E-state index contributed by atoms with van der Waals surface area (Å²) in [5, 5.41) is 2.98. The lowest BCUT2D eigenvalue weighted by Crippen LogP contribution is -2.50. The first-order valence-corrected chi connectivity index (χ1v) is 11.5. The molecule has 2 aromatic carbocycles. The number of rotatable bonds is 9. The molecule has 0 unspecified atom stereocenters. The van der Waals surface area contributed by atoms with Gasteiger partial charge in [0.25, 0.3) is 5.91 Å². The van der Waals surface area contributed by atoms with E-state index in [0.29, 0.717) is 12.3 Å². The quantitative estimate of drug-likeness (QED) is 0.534. The maximum atomic E-state index is 13.2. The van der Waals surface area contributed by atoms with Crippen LogP contribution in [0.15, 0.2) is 40.9 Å². The van der Waals surface area contributed by atoms with Gasteiger partial charge < -0.3 is 15.0 Å².